The number of hydrogen-bond donors (Lipinski definition) is 0. The van der Waals surface area contributed by atoms with Crippen molar-refractivity contribution in [2.24, 2.45) is 0 Å². The number of fused-ring (bicyclic) bond motifs is 1. The molecule has 2 aromatic heterocycles. The van der Waals surface area contributed by atoms with E-state index >= 15 is 0 Å². The van der Waals surface area contributed by atoms with Gasteiger partial charge < -0.3 is 9.64 Å². The number of rotatable bonds is 6. The summed E-state index contributed by atoms with van der Waals surface area (Å²) in [6.45, 7) is 2.94. The number of nitrogens with zero attached hydrogens (tertiary/aromatic N) is 3. The lowest BCUT2D eigenvalue weighted by Gasteiger charge is -2.09. The molecule has 4 nitrogen and oxygen atoms in total. The zero-order valence-electron chi connectivity index (χ0n) is 13.7. The highest BCUT2D eigenvalue weighted by atomic mass is 32.1. The van der Waals surface area contributed by atoms with Crippen molar-refractivity contribution >= 4 is 27.4 Å². The van der Waals surface area contributed by atoms with Crippen molar-refractivity contribution in [3.8, 4) is 16.3 Å². The predicted molar refractivity (Wildman–Crippen MR) is 97.6 cm³/mol. The summed E-state index contributed by atoms with van der Waals surface area (Å²) < 4.78 is 7.02. The van der Waals surface area contributed by atoms with Crippen LogP contribution in [0.4, 0.5) is 5.95 Å². The van der Waals surface area contributed by atoms with Crippen LogP contribution in [0.25, 0.3) is 20.7 Å². The molecule has 0 aliphatic heterocycles. The minimum atomic E-state index is 0.726. The van der Waals surface area contributed by atoms with Gasteiger partial charge in [-0.3, -0.25) is 0 Å². The van der Waals surface area contributed by atoms with Gasteiger partial charge in [-0.25, -0.2) is 9.97 Å². The highest BCUT2D eigenvalue weighted by molar-refractivity contribution is 7.22. The van der Waals surface area contributed by atoms with E-state index in [0.717, 1.165) is 41.7 Å². The predicted octanol–water partition coefficient (Wildman–Crippen LogP) is 4.60. The molecule has 0 saturated heterocycles. The molecule has 0 amide bonds. The van der Waals surface area contributed by atoms with E-state index in [1.807, 2.05) is 31.1 Å². The van der Waals surface area contributed by atoms with Gasteiger partial charge in [-0.15, -0.1) is 11.3 Å². The van der Waals surface area contributed by atoms with Crippen molar-refractivity contribution in [3.05, 3.63) is 36.5 Å². The van der Waals surface area contributed by atoms with Crippen LogP contribution in [-0.4, -0.2) is 30.7 Å². The molecule has 5 heteroatoms. The summed E-state index contributed by atoms with van der Waals surface area (Å²) in [7, 11) is 3.90. The summed E-state index contributed by atoms with van der Waals surface area (Å²) in [6, 6.07) is 10.4. The summed E-state index contributed by atoms with van der Waals surface area (Å²) >= 11 is 1.74. The quantitative estimate of drug-likeness (QED) is 0.620. The van der Waals surface area contributed by atoms with Crippen molar-refractivity contribution in [2.75, 3.05) is 25.6 Å². The Balaban J connectivity index is 1.89. The molecule has 120 valence electrons. The lowest BCUT2D eigenvalue weighted by atomic mass is 10.2. The molecular formula is C18H21N3OS. The first kappa shape index (κ1) is 15.7. The fourth-order valence-corrected chi connectivity index (χ4v) is 3.32. The SMILES string of the molecule is CCCCOc1ccc2cc(-c3ccnc(N(C)C)n3)sc2c1. The third-order valence-corrected chi connectivity index (χ3v) is 4.67. The Labute approximate surface area is 140 Å². The Bertz CT molecular complexity index is 798. The van der Waals surface area contributed by atoms with Gasteiger partial charge in [-0.05, 0) is 42.1 Å². The van der Waals surface area contributed by atoms with Gasteiger partial charge in [0.25, 0.3) is 0 Å². The van der Waals surface area contributed by atoms with E-state index < -0.39 is 0 Å². The van der Waals surface area contributed by atoms with Crippen molar-refractivity contribution in [1.82, 2.24) is 9.97 Å². The van der Waals surface area contributed by atoms with Crippen LogP contribution in [0.2, 0.25) is 0 Å². The largest absolute Gasteiger partial charge is 0.494 e. The summed E-state index contributed by atoms with van der Waals surface area (Å²) in [5.74, 6) is 1.67. The minimum Gasteiger partial charge on any atom is -0.494 e. The summed E-state index contributed by atoms with van der Waals surface area (Å²) in [6.07, 6.45) is 4.04. The number of anilines is 1. The number of aromatic nitrogens is 2. The number of hydrogen-bond acceptors (Lipinski definition) is 5. The van der Waals surface area contributed by atoms with E-state index in [1.54, 1.807) is 17.5 Å². The van der Waals surface area contributed by atoms with E-state index in [1.165, 1.54) is 10.1 Å². The molecule has 0 radical (unpaired) electrons. The molecule has 0 spiro atoms. The normalized spacial score (nSPS) is 10.9. The number of benzene rings is 1. The average molecular weight is 327 g/mol. The Kier molecular flexibility index (Phi) is 4.76. The van der Waals surface area contributed by atoms with E-state index in [2.05, 4.69) is 35.1 Å². The molecule has 3 aromatic rings. The van der Waals surface area contributed by atoms with Crippen molar-refractivity contribution in [2.45, 2.75) is 19.8 Å². The molecular weight excluding hydrogens is 306 g/mol. The van der Waals surface area contributed by atoms with Gasteiger partial charge in [0, 0.05) is 25.0 Å². The Morgan fingerprint density at radius 1 is 1.17 bits per heavy atom. The van der Waals surface area contributed by atoms with E-state index in [9.17, 15) is 0 Å². The third-order valence-electron chi connectivity index (χ3n) is 3.55. The zero-order valence-corrected chi connectivity index (χ0v) is 14.6. The topological polar surface area (TPSA) is 38.2 Å². The first-order chi connectivity index (χ1) is 11.2. The lowest BCUT2D eigenvalue weighted by Crippen LogP contribution is -2.12. The first-order valence-electron chi connectivity index (χ1n) is 7.84. The van der Waals surface area contributed by atoms with E-state index in [4.69, 9.17) is 4.74 Å². The monoisotopic (exact) mass is 327 g/mol. The molecule has 0 N–H and O–H groups in total. The van der Waals surface area contributed by atoms with Crippen LogP contribution in [-0.2, 0) is 0 Å². The molecule has 23 heavy (non-hydrogen) atoms. The van der Waals surface area contributed by atoms with Gasteiger partial charge in [0.15, 0.2) is 0 Å². The summed E-state index contributed by atoms with van der Waals surface area (Å²) in [4.78, 5) is 12.0. The highest BCUT2D eigenvalue weighted by Crippen LogP contribution is 2.34. The van der Waals surface area contributed by atoms with Gasteiger partial charge in [0.05, 0.1) is 17.2 Å². The molecule has 0 aliphatic rings. The molecule has 0 fully saturated rings. The fourth-order valence-electron chi connectivity index (χ4n) is 2.26. The van der Waals surface area contributed by atoms with Crippen LogP contribution >= 0.6 is 11.3 Å². The Hall–Kier alpha value is -2.14. The second-order valence-corrected chi connectivity index (χ2v) is 6.73. The summed E-state index contributed by atoms with van der Waals surface area (Å²) in [5.41, 5.74) is 0.957. The fraction of sp³-hybridized carbons (Fsp3) is 0.333. The molecule has 2 heterocycles. The van der Waals surface area contributed by atoms with Crippen LogP contribution in [0.15, 0.2) is 36.5 Å². The molecule has 0 atom stereocenters. The van der Waals surface area contributed by atoms with E-state index in [-0.39, 0.29) is 0 Å². The molecule has 0 aliphatic carbocycles. The van der Waals surface area contributed by atoms with E-state index in [0.29, 0.717) is 0 Å². The average Bonchev–Trinajstić information content (AvgIpc) is 2.98. The van der Waals surface area contributed by atoms with Crippen molar-refractivity contribution < 1.29 is 4.74 Å². The molecule has 0 unspecified atom stereocenters. The van der Waals surface area contributed by atoms with Gasteiger partial charge >= 0.3 is 0 Å². The zero-order chi connectivity index (χ0) is 16.2. The van der Waals surface area contributed by atoms with Crippen molar-refractivity contribution in [1.29, 1.82) is 0 Å². The Morgan fingerprint density at radius 3 is 2.83 bits per heavy atom. The van der Waals surface area contributed by atoms with Gasteiger partial charge in [0.2, 0.25) is 5.95 Å². The maximum Gasteiger partial charge on any atom is 0.225 e. The van der Waals surface area contributed by atoms with Crippen LogP contribution in [0.3, 0.4) is 0 Å². The maximum absolute atomic E-state index is 5.79. The summed E-state index contributed by atoms with van der Waals surface area (Å²) in [5, 5.41) is 1.22. The van der Waals surface area contributed by atoms with Gasteiger partial charge in [-0.2, -0.15) is 0 Å². The minimum absolute atomic E-state index is 0.726. The third kappa shape index (κ3) is 3.62. The highest BCUT2D eigenvalue weighted by Gasteiger charge is 2.09. The van der Waals surface area contributed by atoms with Crippen LogP contribution in [0.1, 0.15) is 19.8 Å². The molecule has 1 aromatic carbocycles. The smallest absolute Gasteiger partial charge is 0.225 e. The van der Waals surface area contributed by atoms with Gasteiger partial charge in [-0.1, -0.05) is 13.3 Å². The second-order valence-electron chi connectivity index (χ2n) is 5.65. The first-order valence-corrected chi connectivity index (χ1v) is 8.66. The molecule has 3 rings (SSSR count). The number of thiophene rings is 1. The van der Waals surface area contributed by atoms with Gasteiger partial charge in [0.1, 0.15) is 5.75 Å². The lowest BCUT2D eigenvalue weighted by molar-refractivity contribution is 0.310. The standard InChI is InChI=1S/C18H21N3OS/c1-4-5-10-22-14-7-6-13-11-17(23-16(13)12-14)15-8-9-19-18(20-15)21(2)3/h6-9,11-12H,4-5,10H2,1-3H3. The Morgan fingerprint density at radius 2 is 2.04 bits per heavy atom. The molecule has 0 saturated carbocycles. The van der Waals surface area contributed by atoms with Crippen LogP contribution in [0, 0.1) is 0 Å². The van der Waals surface area contributed by atoms with Crippen LogP contribution < -0.4 is 9.64 Å². The second kappa shape index (κ2) is 6.96. The number of ether oxygens (including phenoxy) is 1. The van der Waals surface area contributed by atoms with Crippen LogP contribution in [0.5, 0.6) is 5.75 Å². The number of unbranched alkanes of at least 4 members (excludes halogenated alkanes) is 1. The van der Waals surface area contributed by atoms with Crippen molar-refractivity contribution in [3.63, 3.8) is 0 Å². The maximum atomic E-state index is 5.79. The molecule has 0 bridgehead atoms.